The molecule has 0 bridgehead atoms. The Morgan fingerprint density at radius 1 is 1.00 bits per heavy atom. The lowest BCUT2D eigenvalue weighted by molar-refractivity contribution is -0.338. The van der Waals surface area contributed by atoms with E-state index in [0.29, 0.717) is 6.61 Å². The third-order valence-corrected chi connectivity index (χ3v) is 5.73. The van der Waals surface area contributed by atoms with Crippen LogP contribution in [0.25, 0.3) is 0 Å². The largest absolute Gasteiger partial charge is 0.394 e. The van der Waals surface area contributed by atoms with Crippen LogP contribution in [0.2, 0.25) is 0 Å². The van der Waals surface area contributed by atoms with Crippen molar-refractivity contribution in [2.24, 2.45) is 0 Å². The molecule has 3 aliphatic heterocycles. The topological polar surface area (TPSA) is 198 Å². The number of carbonyl (C=O) groups is 2. The molecule has 3 saturated heterocycles. The Bertz CT molecular complexity index is 679. The monoisotopic (exact) mass is 480 g/mol. The molecule has 11 unspecified atom stereocenters. The highest BCUT2D eigenvalue weighted by Crippen LogP contribution is 2.30. The summed E-state index contributed by atoms with van der Waals surface area (Å²) in [7, 11) is 2.55. The van der Waals surface area contributed by atoms with Gasteiger partial charge in [0.1, 0.15) is 42.7 Å². The molecule has 190 valence electrons. The molecule has 3 fully saturated rings. The lowest BCUT2D eigenvalue weighted by Crippen LogP contribution is -2.68. The Kier molecular flexibility index (Phi) is 8.96. The molecule has 3 aliphatic rings. The van der Waals surface area contributed by atoms with Crippen molar-refractivity contribution in [1.82, 2.24) is 10.6 Å². The van der Waals surface area contributed by atoms with Gasteiger partial charge in [-0.2, -0.15) is 0 Å². The van der Waals surface area contributed by atoms with Crippen molar-refractivity contribution in [2.75, 3.05) is 34.0 Å². The van der Waals surface area contributed by atoms with Crippen molar-refractivity contribution in [1.29, 1.82) is 0 Å². The fourth-order valence-corrected chi connectivity index (χ4v) is 3.90. The maximum atomic E-state index is 12.7. The van der Waals surface area contributed by atoms with Gasteiger partial charge in [0.25, 0.3) is 5.91 Å². The first-order valence-electron chi connectivity index (χ1n) is 10.5. The Morgan fingerprint density at radius 3 is 2.24 bits per heavy atom. The number of rotatable bonds is 9. The fourth-order valence-electron chi connectivity index (χ4n) is 3.90. The molecule has 14 heteroatoms. The molecule has 2 amide bonds. The first-order valence-corrected chi connectivity index (χ1v) is 10.5. The number of hydrogen-bond acceptors (Lipinski definition) is 12. The van der Waals surface area contributed by atoms with Gasteiger partial charge in [-0.15, -0.1) is 0 Å². The molecule has 3 rings (SSSR count). The number of methoxy groups -OCH3 is 2. The van der Waals surface area contributed by atoms with E-state index in [2.05, 4.69) is 10.6 Å². The average Bonchev–Trinajstić information content (AvgIpc) is 3.61. The molecule has 0 saturated carbocycles. The van der Waals surface area contributed by atoms with Crippen molar-refractivity contribution in [3.05, 3.63) is 0 Å². The number of amides is 2. The quantitative estimate of drug-likeness (QED) is 0.173. The van der Waals surface area contributed by atoms with E-state index < -0.39 is 79.8 Å². The highest BCUT2D eigenvalue weighted by atomic mass is 16.7. The van der Waals surface area contributed by atoms with Gasteiger partial charge >= 0.3 is 0 Å². The SMILES string of the molecule is COC1OC(CO)C(O)C(OC2OC(C(=O)NCC3CO3)C(OC)C(O)C2O)C1NC(C)=O. The van der Waals surface area contributed by atoms with E-state index in [-0.39, 0.29) is 12.6 Å². The summed E-state index contributed by atoms with van der Waals surface area (Å²) in [5.74, 6) is -1.11. The summed E-state index contributed by atoms with van der Waals surface area (Å²) in [6.07, 6.45) is -12.6. The van der Waals surface area contributed by atoms with Crippen molar-refractivity contribution >= 4 is 11.8 Å². The fraction of sp³-hybridized carbons (Fsp3) is 0.895. The molecular formula is C19H32N2O12. The minimum absolute atomic E-state index is 0.0988. The van der Waals surface area contributed by atoms with Gasteiger partial charge < -0.3 is 59.5 Å². The van der Waals surface area contributed by atoms with Gasteiger partial charge in [0.05, 0.1) is 19.3 Å². The molecule has 14 nitrogen and oxygen atoms in total. The van der Waals surface area contributed by atoms with Crippen molar-refractivity contribution in [3.63, 3.8) is 0 Å². The van der Waals surface area contributed by atoms with Gasteiger partial charge in [0.15, 0.2) is 18.7 Å². The summed E-state index contributed by atoms with van der Waals surface area (Å²) < 4.78 is 32.3. The molecule has 0 aliphatic carbocycles. The lowest BCUT2D eigenvalue weighted by Gasteiger charge is -2.47. The average molecular weight is 480 g/mol. The van der Waals surface area contributed by atoms with Crippen molar-refractivity contribution in [3.8, 4) is 0 Å². The van der Waals surface area contributed by atoms with E-state index in [9.17, 15) is 30.0 Å². The normalized spacial score (nSPS) is 43.1. The minimum Gasteiger partial charge on any atom is -0.394 e. The molecule has 3 heterocycles. The number of hydrogen-bond donors (Lipinski definition) is 6. The zero-order chi connectivity index (χ0) is 24.3. The first-order chi connectivity index (χ1) is 15.7. The molecule has 6 N–H and O–H groups in total. The third kappa shape index (κ3) is 5.97. The van der Waals surface area contributed by atoms with Gasteiger partial charge in [0, 0.05) is 27.7 Å². The number of ether oxygens (including phenoxy) is 6. The standard InChI is InChI=1S/C19H32N2O12/c1-7(23)21-10-14(11(24)9(5-22)31-18(10)29-3)32-19-13(26)12(25)15(28-2)16(33-19)17(27)20-4-8-6-30-8/h8-16,18-19,22,24-26H,4-6H2,1-3H3,(H,20,27)(H,21,23). The van der Waals surface area contributed by atoms with Crippen LogP contribution < -0.4 is 10.6 Å². The molecule has 0 spiro atoms. The van der Waals surface area contributed by atoms with Gasteiger partial charge in [-0.3, -0.25) is 9.59 Å². The van der Waals surface area contributed by atoms with Crippen molar-refractivity contribution in [2.45, 2.75) is 74.4 Å². The summed E-state index contributed by atoms with van der Waals surface area (Å²) in [6, 6.07) is -1.07. The number of epoxide rings is 1. The second-order valence-electron chi connectivity index (χ2n) is 8.09. The van der Waals surface area contributed by atoms with Crippen LogP contribution in [-0.2, 0) is 38.0 Å². The predicted molar refractivity (Wildman–Crippen MR) is 105 cm³/mol. The van der Waals surface area contributed by atoms with Gasteiger partial charge in [-0.1, -0.05) is 0 Å². The lowest BCUT2D eigenvalue weighted by atomic mass is 9.95. The number of aliphatic hydroxyl groups is 4. The van der Waals surface area contributed by atoms with Crippen LogP contribution in [0.4, 0.5) is 0 Å². The van der Waals surface area contributed by atoms with E-state index in [0.717, 1.165) is 0 Å². The molecule has 33 heavy (non-hydrogen) atoms. The smallest absolute Gasteiger partial charge is 0.252 e. The second kappa shape index (κ2) is 11.3. The maximum absolute atomic E-state index is 12.7. The summed E-state index contributed by atoms with van der Waals surface area (Å²) in [4.78, 5) is 24.4. The Balaban J connectivity index is 1.80. The summed E-state index contributed by atoms with van der Waals surface area (Å²) in [6.45, 7) is 1.39. The van der Waals surface area contributed by atoms with Crippen LogP contribution in [0.1, 0.15) is 6.92 Å². The maximum Gasteiger partial charge on any atom is 0.252 e. The Labute approximate surface area is 190 Å². The number of aliphatic hydroxyl groups excluding tert-OH is 4. The minimum atomic E-state index is -1.67. The van der Waals surface area contributed by atoms with Gasteiger partial charge in [-0.05, 0) is 0 Å². The van der Waals surface area contributed by atoms with Crippen LogP contribution in [0.5, 0.6) is 0 Å². The third-order valence-electron chi connectivity index (χ3n) is 5.73. The van der Waals surface area contributed by atoms with E-state index in [1.165, 1.54) is 21.1 Å². The van der Waals surface area contributed by atoms with Crippen LogP contribution in [-0.4, -0.2) is 134 Å². The number of nitrogens with one attached hydrogen (secondary N) is 2. The highest BCUT2D eigenvalue weighted by molar-refractivity contribution is 5.81. The molecule has 0 aromatic rings. The van der Waals surface area contributed by atoms with Crippen LogP contribution in [0.3, 0.4) is 0 Å². The highest BCUT2D eigenvalue weighted by Gasteiger charge is 2.53. The van der Waals surface area contributed by atoms with Gasteiger partial charge in [0.2, 0.25) is 5.91 Å². The summed E-state index contributed by atoms with van der Waals surface area (Å²) >= 11 is 0. The molecule has 11 atom stereocenters. The molecule has 0 aromatic carbocycles. The Hall–Kier alpha value is -1.46. The van der Waals surface area contributed by atoms with Crippen molar-refractivity contribution < 1.29 is 58.4 Å². The van der Waals surface area contributed by atoms with Crippen LogP contribution in [0.15, 0.2) is 0 Å². The van der Waals surface area contributed by atoms with E-state index in [4.69, 9.17) is 28.4 Å². The molecule has 0 aromatic heterocycles. The zero-order valence-electron chi connectivity index (χ0n) is 18.5. The zero-order valence-corrected chi connectivity index (χ0v) is 18.5. The van der Waals surface area contributed by atoms with Crippen LogP contribution >= 0.6 is 0 Å². The predicted octanol–water partition coefficient (Wildman–Crippen LogP) is -4.42. The first kappa shape index (κ1) is 26.2. The van der Waals surface area contributed by atoms with E-state index >= 15 is 0 Å². The van der Waals surface area contributed by atoms with E-state index in [1.807, 2.05) is 0 Å². The summed E-state index contributed by atoms with van der Waals surface area (Å²) in [5, 5.41) is 46.6. The van der Waals surface area contributed by atoms with Gasteiger partial charge in [-0.25, -0.2) is 0 Å². The second-order valence-corrected chi connectivity index (χ2v) is 8.09. The van der Waals surface area contributed by atoms with E-state index in [1.54, 1.807) is 0 Å². The molecule has 0 radical (unpaired) electrons. The molecular weight excluding hydrogens is 448 g/mol. The van der Waals surface area contributed by atoms with Crippen LogP contribution in [0, 0.1) is 0 Å². The number of carbonyl (C=O) groups excluding carboxylic acids is 2. The summed E-state index contributed by atoms with van der Waals surface area (Å²) in [5.41, 5.74) is 0. The Morgan fingerprint density at radius 2 is 1.70 bits per heavy atom.